The summed E-state index contributed by atoms with van der Waals surface area (Å²) in [4.78, 5) is 22.8. The highest BCUT2D eigenvalue weighted by Crippen LogP contribution is 2.28. The molecule has 1 heterocycles. The number of carbonyl (C=O) groups excluding carboxylic acids is 1. The smallest absolute Gasteiger partial charge is 0.305 e. The number of nitrogens with one attached hydrogen (secondary N) is 2. The molecular formula is C13H17N3O3S. The van der Waals surface area contributed by atoms with Crippen molar-refractivity contribution in [1.29, 1.82) is 0 Å². The van der Waals surface area contributed by atoms with Crippen LogP contribution < -0.4 is 10.6 Å². The molecule has 2 rings (SSSR count). The molecule has 0 saturated carbocycles. The predicted molar refractivity (Wildman–Crippen MR) is 80.4 cm³/mol. The zero-order chi connectivity index (χ0) is 14.5. The summed E-state index contributed by atoms with van der Waals surface area (Å²) < 4.78 is 0. The molecule has 0 bridgehead atoms. The Kier molecular flexibility index (Phi) is 4.84. The molecule has 1 unspecified atom stereocenters. The first-order chi connectivity index (χ1) is 9.63. The van der Waals surface area contributed by atoms with E-state index in [0.717, 1.165) is 17.9 Å². The second kappa shape index (κ2) is 6.60. The Labute approximate surface area is 121 Å². The fourth-order valence-electron chi connectivity index (χ4n) is 2.20. The van der Waals surface area contributed by atoms with Gasteiger partial charge in [-0.25, -0.2) is 0 Å². The Morgan fingerprint density at radius 3 is 2.95 bits per heavy atom. The number of thioether (sulfide) groups is 1. The standard InChI is InChI=1S/C13H17N3O3S/c1-14-11-4-2-3-10(12(11)16(18)19)13(17)15-7-9-5-6-20-8-9/h2-4,9,14H,5-8H2,1H3,(H,15,17). The molecule has 0 spiro atoms. The molecule has 7 heteroatoms. The van der Waals surface area contributed by atoms with Gasteiger partial charge in [0.25, 0.3) is 5.91 Å². The first-order valence-electron chi connectivity index (χ1n) is 6.44. The highest BCUT2D eigenvalue weighted by molar-refractivity contribution is 7.99. The minimum absolute atomic E-state index is 0.104. The number of nitro groups is 1. The molecule has 2 N–H and O–H groups in total. The van der Waals surface area contributed by atoms with Crippen LogP contribution in [0.1, 0.15) is 16.8 Å². The topological polar surface area (TPSA) is 84.3 Å². The van der Waals surface area contributed by atoms with Crippen molar-refractivity contribution in [3.8, 4) is 0 Å². The number of carbonyl (C=O) groups is 1. The molecule has 20 heavy (non-hydrogen) atoms. The summed E-state index contributed by atoms with van der Waals surface area (Å²) in [6.45, 7) is 0.576. The van der Waals surface area contributed by atoms with E-state index in [1.807, 2.05) is 11.8 Å². The van der Waals surface area contributed by atoms with Crippen LogP contribution in [-0.4, -0.2) is 35.9 Å². The van der Waals surface area contributed by atoms with E-state index in [4.69, 9.17) is 0 Å². The number of para-hydroxylation sites is 1. The van der Waals surface area contributed by atoms with Crippen LogP contribution in [0.5, 0.6) is 0 Å². The monoisotopic (exact) mass is 295 g/mol. The Hall–Kier alpha value is -1.76. The van der Waals surface area contributed by atoms with Crippen LogP contribution in [0.4, 0.5) is 11.4 Å². The maximum Gasteiger partial charge on any atom is 0.305 e. The van der Waals surface area contributed by atoms with E-state index in [1.54, 1.807) is 19.2 Å². The van der Waals surface area contributed by atoms with Crippen molar-refractivity contribution < 1.29 is 9.72 Å². The number of nitrogens with zero attached hydrogens (tertiary/aromatic N) is 1. The van der Waals surface area contributed by atoms with Crippen molar-refractivity contribution in [1.82, 2.24) is 5.32 Å². The highest BCUT2D eigenvalue weighted by Gasteiger charge is 2.24. The van der Waals surface area contributed by atoms with Gasteiger partial charge >= 0.3 is 5.69 Å². The minimum atomic E-state index is -0.522. The molecule has 1 aliphatic heterocycles. The summed E-state index contributed by atoms with van der Waals surface area (Å²) in [6, 6.07) is 4.71. The number of nitro benzene ring substituents is 1. The first-order valence-corrected chi connectivity index (χ1v) is 7.60. The molecule has 1 aromatic rings. The summed E-state index contributed by atoms with van der Waals surface area (Å²) in [5.41, 5.74) is 0.278. The van der Waals surface area contributed by atoms with Gasteiger partial charge in [-0.1, -0.05) is 6.07 Å². The largest absolute Gasteiger partial charge is 0.383 e. The molecule has 1 saturated heterocycles. The summed E-state index contributed by atoms with van der Waals surface area (Å²) in [7, 11) is 1.60. The van der Waals surface area contributed by atoms with Crippen LogP contribution in [0.25, 0.3) is 0 Å². The van der Waals surface area contributed by atoms with Gasteiger partial charge in [0.15, 0.2) is 0 Å². The number of hydrogen-bond acceptors (Lipinski definition) is 5. The van der Waals surface area contributed by atoms with Gasteiger partial charge < -0.3 is 10.6 Å². The van der Waals surface area contributed by atoms with Gasteiger partial charge in [0.05, 0.1) is 4.92 Å². The number of anilines is 1. The highest BCUT2D eigenvalue weighted by atomic mass is 32.2. The number of amides is 1. The van der Waals surface area contributed by atoms with E-state index in [-0.39, 0.29) is 17.2 Å². The Balaban J connectivity index is 2.14. The summed E-state index contributed by atoms with van der Waals surface area (Å²) >= 11 is 1.87. The Morgan fingerprint density at radius 2 is 2.35 bits per heavy atom. The van der Waals surface area contributed by atoms with Gasteiger partial charge in [0.2, 0.25) is 0 Å². The minimum Gasteiger partial charge on any atom is -0.383 e. The fraction of sp³-hybridized carbons (Fsp3) is 0.462. The number of hydrogen-bond donors (Lipinski definition) is 2. The molecule has 1 aromatic carbocycles. The van der Waals surface area contributed by atoms with E-state index in [2.05, 4.69) is 10.6 Å². The second-order valence-electron chi connectivity index (χ2n) is 4.65. The molecule has 1 atom stereocenters. The van der Waals surface area contributed by atoms with Crippen LogP contribution in [0.15, 0.2) is 18.2 Å². The average molecular weight is 295 g/mol. The van der Waals surface area contributed by atoms with Gasteiger partial charge in [-0.3, -0.25) is 14.9 Å². The molecule has 0 aliphatic carbocycles. The van der Waals surface area contributed by atoms with Crippen LogP contribution in [0.3, 0.4) is 0 Å². The maximum absolute atomic E-state index is 12.1. The van der Waals surface area contributed by atoms with Crippen LogP contribution in [0, 0.1) is 16.0 Å². The summed E-state index contributed by atoms with van der Waals surface area (Å²) in [6.07, 6.45) is 1.09. The molecular weight excluding hydrogens is 278 g/mol. The molecule has 0 radical (unpaired) electrons. The second-order valence-corrected chi connectivity index (χ2v) is 5.80. The van der Waals surface area contributed by atoms with Gasteiger partial charge in [0, 0.05) is 13.6 Å². The lowest BCUT2D eigenvalue weighted by molar-refractivity contribution is -0.384. The summed E-state index contributed by atoms with van der Waals surface area (Å²) in [5, 5.41) is 16.7. The molecule has 6 nitrogen and oxygen atoms in total. The fourth-order valence-corrected chi connectivity index (χ4v) is 3.49. The van der Waals surface area contributed by atoms with Crippen molar-refractivity contribution >= 4 is 29.0 Å². The maximum atomic E-state index is 12.1. The quantitative estimate of drug-likeness (QED) is 0.642. The van der Waals surface area contributed by atoms with Gasteiger partial charge in [-0.05, 0) is 36.0 Å². The van der Waals surface area contributed by atoms with Gasteiger partial charge in [-0.2, -0.15) is 11.8 Å². The number of rotatable bonds is 5. The molecule has 1 amide bonds. The van der Waals surface area contributed by atoms with Crippen molar-refractivity contribution in [2.24, 2.45) is 5.92 Å². The third kappa shape index (κ3) is 3.22. The zero-order valence-electron chi connectivity index (χ0n) is 11.2. The Morgan fingerprint density at radius 1 is 1.55 bits per heavy atom. The van der Waals surface area contributed by atoms with Crippen LogP contribution >= 0.6 is 11.8 Å². The van der Waals surface area contributed by atoms with E-state index >= 15 is 0 Å². The first kappa shape index (κ1) is 14.6. The van der Waals surface area contributed by atoms with E-state index < -0.39 is 4.92 Å². The lowest BCUT2D eigenvalue weighted by atomic mass is 10.1. The van der Waals surface area contributed by atoms with Crippen molar-refractivity contribution in [2.75, 3.05) is 30.4 Å². The Bertz CT molecular complexity index is 516. The molecule has 108 valence electrons. The van der Waals surface area contributed by atoms with Crippen LogP contribution in [0.2, 0.25) is 0 Å². The van der Waals surface area contributed by atoms with E-state index in [9.17, 15) is 14.9 Å². The average Bonchev–Trinajstić information content (AvgIpc) is 2.96. The van der Waals surface area contributed by atoms with Crippen molar-refractivity contribution in [3.63, 3.8) is 0 Å². The van der Waals surface area contributed by atoms with Crippen molar-refractivity contribution in [2.45, 2.75) is 6.42 Å². The summed E-state index contributed by atoms with van der Waals surface area (Å²) in [5.74, 6) is 2.25. The predicted octanol–water partition coefficient (Wildman–Crippen LogP) is 2.12. The van der Waals surface area contributed by atoms with E-state index in [0.29, 0.717) is 18.2 Å². The van der Waals surface area contributed by atoms with Crippen molar-refractivity contribution in [3.05, 3.63) is 33.9 Å². The van der Waals surface area contributed by atoms with E-state index in [1.165, 1.54) is 6.07 Å². The lowest BCUT2D eigenvalue weighted by Crippen LogP contribution is -2.29. The zero-order valence-corrected chi connectivity index (χ0v) is 12.0. The molecule has 1 fully saturated rings. The third-order valence-corrected chi connectivity index (χ3v) is 4.54. The van der Waals surface area contributed by atoms with Gasteiger partial charge in [0.1, 0.15) is 11.3 Å². The number of benzene rings is 1. The van der Waals surface area contributed by atoms with Gasteiger partial charge in [-0.15, -0.1) is 0 Å². The third-order valence-electron chi connectivity index (χ3n) is 3.31. The van der Waals surface area contributed by atoms with Crippen LogP contribution in [-0.2, 0) is 0 Å². The molecule has 1 aliphatic rings. The molecule has 0 aromatic heterocycles. The SMILES string of the molecule is CNc1cccc(C(=O)NCC2CCSC2)c1[N+](=O)[O-]. The normalized spacial score (nSPS) is 17.8. The lowest BCUT2D eigenvalue weighted by Gasteiger charge is -2.11.